The Labute approximate surface area is 113 Å². The van der Waals surface area contributed by atoms with E-state index in [2.05, 4.69) is 31.1 Å². The standard InChI is InChI=1S/C14H22N2O3/c1-14(2,3)12(6-7-17)16-9-11-5-4-10(8-15-11)13(18)19/h4-5,8,12,16-17H,6-7,9H2,1-3H3,(H,18,19). The molecular formula is C14H22N2O3. The van der Waals surface area contributed by atoms with Crippen molar-refractivity contribution in [2.75, 3.05) is 6.61 Å². The van der Waals surface area contributed by atoms with Crippen molar-refractivity contribution in [1.82, 2.24) is 10.3 Å². The van der Waals surface area contributed by atoms with Crippen molar-refractivity contribution < 1.29 is 15.0 Å². The van der Waals surface area contributed by atoms with Gasteiger partial charge in [-0.2, -0.15) is 0 Å². The number of carbonyl (C=O) groups is 1. The number of hydrogen-bond donors (Lipinski definition) is 3. The predicted molar refractivity (Wildman–Crippen MR) is 73.0 cm³/mol. The van der Waals surface area contributed by atoms with Gasteiger partial charge in [0, 0.05) is 25.4 Å². The summed E-state index contributed by atoms with van der Waals surface area (Å²) in [5, 5.41) is 21.2. The summed E-state index contributed by atoms with van der Waals surface area (Å²) in [4.78, 5) is 14.8. The van der Waals surface area contributed by atoms with Gasteiger partial charge in [0.25, 0.3) is 0 Å². The first-order valence-electron chi connectivity index (χ1n) is 6.37. The molecule has 19 heavy (non-hydrogen) atoms. The van der Waals surface area contributed by atoms with Crippen LogP contribution in [-0.4, -0.2) is 33.8 Å². The summed E-state index contributed by atoms with van der Waals surface area (Å²) in [7, 11) is 0. The lowest BCUT2D eigenvalue weighted by atomic mass is 9.85. The van der Waals surface area contributed by atoms with E-state index in [9.17, 15) is 4.79 Å². The maximum absolute atomic E-state index is 10.7. The van der Waals surface area contributed by atoms with Crippen LogP contribution in [0.3, 0.4) is 0 Å². The molecule has 0 saturated heterocycles. The lowest BCUT2D eigenvalue weighted by molar-refractivity contribution is 0.0696. The maximum atomic E-state index is 10.7. The summed E-state index contributed by atoms with van der Waals surface area (Å²) in [6.07, 6.45) is 2.04. The summed E-state index contributed by atoms with van der Waals surface area (Å²) in [5.74, 6) is -0.972. The first-order chi connectivity index (χ1) is 8.84. The first-order valence-corrected chi connectivity index (χ1v) is 6.37. The van der Waals surface area contributed by atoms with E-state index in [4.69, 9.17) is 10.2 Å². The van der Waals surface area contributed by atoms with Crippen LogP contribution in [0.15, 0.2) is 18.3 Å². The number of carboxylic acids is 1. The quantitative estimate of drug-likeness (QED) is 0.729. The van der Waals surface area contributed by atoms with Crippen LogP contribution in [0.2, 0.25) is 0 Å². The van der Waals surface area contributed by atoms with E-state index in [0.29, 0.717) is 13.0 Å². The van der Waals surface area contributed by atoms with Gasteiger partial charge in [-0.25, -0.2) is 4.79 Å². The number of aromatic carboxylic acids is 1. The van der Waals surface area contributed by atoms with E-state index in [0.717, 1.165) is 5.69 Å². The molecule has 1 aromatic rings. The number of rotatable bonds is 6. The molecule has 1 rings (SSSR count). The number of aromatic nitrogens is 1. The lowest BCUT2D eigenvalue weighted by Crippen LogP contribution is -2.40. The minimum atomic E-state index is -0.972. The Morgan fingerprint density at radius 1 is 1.42 bits per heavy atom. The van der Waals surface area contributed by atoms with Gasteiger partial charge in [0.05, 0.1) is 11.3 Å². The highest BCUT2D eigenvalue weighted by Crippen LogP contribution is 2.21. The molecule has 0 radical (unpaired) electrons. The number of nitrogens with one attached hydrogen (secondary N) is 1. The van der Waals surface area contributed by atoms with Crippen molar-refractivity contribution in [1.29, 1.82) is 0 Å². The topological polar surface area (TPSA) is 82.5 Å². The van der Waals surface area contributed by atoms with E-state index in [1.54, 1.807) is 12.1 Å². The average Bonchev–Trinajstić information content (AvgIpc) is 2.33. The molecule has 1 unspecified atom stereocenters. The molecule has 0 aliphatic rings. The Bertz CT molecular complexity index is 410. The van der Waals surface area contributed by atoms with Crippen LogP contribution in [0.5, 0.6) is 0 Å². The Hall–Kier alpha value is -1.46. The normalized spacial score (nSPS) is 13.3. The van der Waals surface area contributed by atoms with Gasteiger partial charge in [0.2, 0.25) is 0 Å². The SMILES string of the molecule is CC(C)(C)C(CCO)NCc1ccc(C(=O)O)cn1. The zero-order valence-electron chi connectivity index (χ0n) is 11.7. The van der Waals surface area contributed by atoms with Crippen LogP contribution in [0.1, 0.15) is 43.2 Å². The van der Waals surface area contributed by atoms with E-state index in [-0.39, 0.29) is 23.6 Å². The zero-order valence-corrected chi connectivity index (χ0v) is 11.7. The summed E-state index contributed by atoms with van der Waals surface area (Å²) in [6.45, 7) is 7.03. The highest BCUT2D eigenvalue weighted by atomic mass is 16.4. The third-order valence-electron chi connectivity index (χ3n) is 3.06. The molecule has 5 nitrogen and oxygen atoms in total. The highest BCUT2D eigenvalue weighted by molar-refractivity contribution is 5.87. The molecule has 106 valence electrons. The molecule has 0 saturated carbocycles. The minimum absolute atomic E-state index is 0.0454. The molecule has 0 aromatic carbocycles. The van der Waals surface area contributed by atoms with E-state index >= 15 is 0 Å². The number of aliphatic hydroxyl groups is 1. The second-order valence-corrected chi connectivity index (χ2v) is 5.66. The summed E-state index contributed by atoms with van der Waals surface area (Å²) >= 11 is 0. The van der Waals surface area contributed by atoms with Crippen molar-refractivity contribution in [3.8, 4) is 0 Å². The van der Waals surface area contributed by atoms with E-state index < -0.39 is 5.97 Å². The Kier molecular flexibility index (Phi) is 5.44. The molecule has 1 aromatic heterocycles. The van der Waals surface area contributed by atoms with Gasteiger partial charge < -0.3 is 15.5 Å². The van der Waals surface area contributed by atoms with Crippen LogP contribution in [0.4, 0.5) is 0 Å². The lowest BCUT2D eigenvalue weighted by Gasteiger charge is -2.31. The van der Waals surface area contributed by atoms with Crippen LogP contribution < -0.4 is 5.32 Å². The van der Waals surface area contributed by atoms with E-state index in [1.165, 1.54) is 6.20 Å². The van der Waals surface area contributed by atoms with Crippen molar-refractivity contribution >= 4 is 5.97 Å². The Morgan fingerprint density at radius 3 is 2.53 bits per heavy atom. The van der Waals surface area contributed by atoms with Gasteiger partial charge in [-0.1, -0.05) is 20.8 Å². The maximum Gasteiger partial charge on any atom is 0.337 e. The van der Waals surface area contributed by atoms with E-state index in [1.807, 2.05) is 0 Å². The smallest absolute Gasteiger partial charge is 0.337 e. The number of hydrogen-bond acceptors (Lipinski definition) is 4. The van der Waals surface area contributed by atoms with Crippen LogP contribution in [0, 0.1) is 5.41 Å². The minimum Gasteiger partial charge on any atom is -0.478 e. The molecule has 0 aliphatic carbocycles. The molecule has 0 spiro atoms. The third kappa shape index (κ3) is 4.96. The van der Waals surface area contributed by atoms with Gasteiger partial charge in [-0.3, -0.25) is 4.98 Å². The van der Waals surface area contributed by atoms with Crippen LogP contribution >= 0.6 is 0 Å². The second kappa shape index (κ2) is 6.63. The van der Waals surface area contributed by atoms with Crippen molar-refractivity contribution in [2.45, 2.75) is 39.8 Å². The molecule has 3 N–H and O–H groups in total. The Morgan fingerprint density at radius 2 is 2.11 bits per heavy atom. The van der Waals surface area contributed by atoms with Crippen LogP contribution in [0.25, 0.3) is 0 Å². The molecule has 0 fully saturated rings. The zero-order chi connectivity index (χ0) is 14.5. The van der Waals surface area contributed by atoms with Gasteiger partial charge >= 0.3 is 5.97 Å². The largest absolute Gasteiger partial charge is 0.478 e. The predicted octanol–water partition coefficient (Wildman–Crippen LogP) is 1.67. The first kappa shape index (κ1) is 15.6. The fourth-order valence-corrected chi connectivity index (χ4v) is 1.85. The van der Waals surface area contributed by atoms with Crippen molar-refractivity contribution in [3.63, 3.8) is 0 Å². The summed E-state index contributed by atoms with van der Waals surface area (Å²) < 4.78 is 0. The molecular weight excluding hydrogens is 244 g/mol. The summed E-state index contributed by atoms with van der Waals surface area (Å²) in [6, 6.07) is 3.43. The van der Waals surface area contributed by atoms with Gasteiger partial charge in [-0.15, -0.1) is 0 Å². The molecule has 0 bridgehead atoms. The number of carboxylic acid groups (broad SMARTS) is 1. The number of pyridine rings is 1. The molecule has 5 heteroatoms. The fourth-order valence-electron chi connectivity index (χ4n) is 1.85. The van der Waals surface area contributed by atoms with Gasteiger partial charge in [0.15, 0.2) is 0 Å². The second-order valence-electron chi connectivity index (χ2n) is 5.66. The van der Waals surface area contributed by atoms with Gasteiger partial charge in [0.1, 0.15) is 0 Å². The highest BCUT2D eigenvalue weighted by Gasteiger charge is 2.23. The molecule has 0 aliphatic heterocycles. The fraction of sp³-hybridized carbons (Fsp3) is 0.571. The molecule has 0 amide bonds. The monoisotopic (exact) mass is 266 g/mol. The third-order valence-corrected chi connectivity index (χ3v) is 3.06. The molecule has 1 heterocycles. The van der Waals surface area contributed by atoms with Crippen molar-refractivity contribution in [2.24, 2.45) is 5.41 Å². The number of aliphatic hydroxyl groups excluding tert-OH is 1. The number of nitrogens with zero attached hydrogens (tertiary/aromatic N) is 1. The van der Waals surface area contributed by atoms with Gasteiger partial charge in [-0.05, 0) is 24.0 Å². The average molecular weight is 266 g/mol. The molecule has 1 atom stereocenters. The van der Waals surface area contributed by atoms with Crippen LogP contribution in [-0.2, 0) is 6.54 Å². The van der Waals surface area contributed by atoms with Crippen molar-refractivity contribution in [3.05, 3.63) is 29.6 Å². The summed E-state index contributed by atoms with van der Waals surface area (Å²) in [5.41, 5.74) is 1.02. The Balaban J connectivity index is 2.61.